The molecule has 7 heteroatoms. The van der Waals surface area contributed by atoms with Crippen LogP contribution in [0.25, 0.3) is 0 Å². The molecule has 20 heavy (non-hydrogen) atoms. The first-order valence-electron chi connectivity index (χ1n) is 6.34. The molecule has 0 saturated heterocycles. The molecule has 0 aliphatic rings. The Balaban J connectivity index is 2.58. The third-order valence-electron chi connectivity index (χ3n) is 2.80. The zero-order valence-corrected chi connectivity index (χ0v) is 12.4. The second-order valence-electron chi connectivity index (χ2n) is 4.96. The third-order valence-corrected chi connectivity index (χ3v) is 3.76. The van der Waals surface area contributed by atoms with Crippen LogP contribution < -0.4 is 10.6 Å². The van der Waals surface area contributed by atoms with Crippen LogP contribution >= 0.6 is 11.3 Å². The van der Waals surface area contributed by atoms with Crippen LogP contribution in [0.3, 0.4) is 0 Å². The molecule has 0 saturated carbocycles. The molecule has 0 fully saturated rings. The Bertz CT molecular complexity index is 418. The highest BCUT2D eigenvalue weighted by atomic mass is 32.1. The molecule has 1 amide bonds. The van der Waals surface area contributed by atoms with Gasteiger partial charge in [-0.1, -0.05) is 19.9 Å². The maximum atomic E-state index is 12.1. The van der Waals surface area contributed by atoms with E-state index in [0.717, 1.165) is 4.88 Å². The van der Waals surface area contributed by atoms with Gasteiger partial charge in [0.2, 0.25) is 5.91 Å². The zero-order chi connectivity index (χ0) is 15.3. The number of alkyl halides is 3. The third kappa shape index (κ3) is 5.50. The fourth-order valence-corrected chi connectivity index (χ4v) is 2.72. The van der Waals surface area contributed by atoms with Gasteiger partial charge in [-0.2, -0.15) is 13.2 Å². The molecule has 0 bridgehead atoms. The van der Waals surface area contributed by atoms with Gasteiger partial charge in [-0.05, 0) is 24.3 Å². The monoisotopic (exact) mass is 308 g/mol. The molecule has 0 aliphatic carbocycles. The van der Waals surface area contributed by atoms with Gasteiger partial charge in [-0.3, -0.25) is 10.1 Å². The van der Waals surface area contributed by atoms with Crippen molar-refractivity contribution in [3.8, 4) is 0 Å². The molecule has 0 aromatic carbocycles. The van der Waals surface area contributed by atoms with Gasteiger partial charge >= 0.3 is 6.18 Å². The van der Waals surface area contributed by atoms with E-state index in [9.17, 15) is 18.0 Å². The largest absolute Gasteiger partial charge is 0.405 e. The van der Waals surface area contributed by atoms with Gasteiger partial charge in [-0.15, -0.1) is 11.3 Å². The maximum Gasteiger partial charge on any atom is 0.405 e. The Hall–Kier alpha value is -1.08. The molecule has 2 unspecified atom stereocenters. The number of rotatable bonds is 6. The summed E-state index contributed by atoms with van der Waals surface area (Å²) in [4.78, 5) is 12.7. The normalized spacial score (nSPS) is 15.2. The molecule has 1 aromatic heterocycles. The molecule has 1 heterocycles. The van der Waals surface area contributed by atoms with E-state index in [-0.39, 0.29) is 12.0 Å². The number of carbonyl (C=O) groups excluding carboxylic acids is 1. The first kappa shape index (κ1) is 17.0. The number of thiophene rings is 1. The van der Waals surface area contributed by atoms with Crippen molar-refractivity contribution in [3.05, 3.63) is 22.4 Å². The first-order valence-corrected chi connectivity index (χ1v) is 7.22. The Morgan fingerprint density at radius 1 is 1.35 bits per heavy atom. The van der Waals surface area contributed by atoms with Gasteiger partial charge in [0.05, 0.1) is 6.04 Å². The van der Waals surface area contributed by atoms with E-state index in [1.165, 1.54) is 0 Å². The zero-order valence-electron chi connectivity index (χ0n) is 11.6. The molecule has 0 aliphatic heterocycles. The van der Waals surface area contributed by atoms with E-state index >= 15 is 0 Å². The number of nitrogens with one attached hydrogen (secondary N) is 2. The van der Waals surface area contributed by atoms with Crippen molar-refractivity contribution in [1.82, 2.24) is 10.6 Å². The highest BCUT2D eigenvalue weighted by molar-refractivity contribution is 7.10. The van der Waals surface area contributed by atoms with Gasteiger partial charge in [0.15, 0.2) is 0 Å². The lowest BCUT2D eigenvalue weighted by atomic mass is 10.0. The summed E-state index contributed by atoms with van der Waals surface area (Å²) in [5, 5.41) is 6.91. The summed E-state index contributed by atoms with van der Waals surface area (Å²) < 4.78 is 36.2. The van der Waals surface area contributed by atoms with Crippen LogP contribution in [0.1, 0.15) is 31.7 Å². The van der Waals surface area contributed by atoms with Gasteiger partial charge in [-0.25, -0.2) is 0 Å². The van der Waals surface area contributed by atoms with Crippen molar-refractivity contribution in [2.24, 2.45) is 5.92 Å². The van der Waals surface area contributed by atoms with Gasteiger partial charge in [0.1, 0.15) is 6.54 Å². The number of amides is 1. The van der Waals surface area contributed by atoms with Crippen molar-refractivity contribution in [3.63, 3.8) is 0 Å². The fourth-order valence-electron chi connectivity index (χ4n) is 1.76. The van der Waals surface area contributed by atoms with Gasteiger partial charge < -0.3 is 5.32 Å². The van der Waals surface area contributed by atoms with Crippen molar-refractivity contribution < 1.29 is 18.0 Å². The van der Waals surface area contributed by atoms with E-state index in [1.807, 2.05) is 36.7 Å². The Labute approximate surface area is 120 Å². The Morgan fingerprint density at radius 3 is 2.45 bits per heavy atom. The summed E-state index contributed by atoms with van der Waals surface area (Å²) in [6.07, 6.45) is -4.39. The lowest BCUT2D eigenvalue weighted by Gasteiger charge is -2.25. The molecular formula is C13H19F3N2OS. The van der Waals surface area contributed by atoms with Crippen molar-refractivity contribution in [2.75, 3.05) is 6.54 Å². The van der Waals surface area contributed by atoms with E-state index in [1.54, 1.807) is 18.3 Å². The molecule has 2 atom stereocenters. The van der Waals surface area contributed by atoms with Crippen LogP contribution in [0.5, 0.6) is 0 Å². The highest BCUT2D eigenvalue weighted by Crippen LogP contribution is 2.26. The molecule has 0 radical (unpaired) electrons. The molecule has 114 valence electrons. The maximum absolute atomic E-state index is 12.1. The van der Waals surface area contributed by atoms with Crippen molar-refractivity contribution in [2.45, 2.75) is 39.0 Å². The quantitative estimate of drug-likeness (QED) is 0.848. The van der Waals surface area contributed by atoms with Crippen LogP contribution in [0.15, 0.2) is 17.5 Å². The van der Waals surface area contributed by atoms with E-state index in [2.05, 4.69) is 5.32 Å². The number of hydrogen-bond donors (Lipinski definition) is 2. The Kier molecular flexibility index (Phi) is 6.01. The van der Waals surface area contributed by atoms with Crippen LogP contribution in [0.2, 0.25) is 0 Å². The summed E-state index contributed by atoms with van der Waals surface area (Å²) in [5.74, 6) is -0.420. The van der Waals surface area contributed by atoms with E-state index < -0.39 is 24.7 Å². The lowest BCUT2D eigenvalue weighted by Crippen LogP contribution is -2.47. The molecule has 2 N–H and O–H groups in total. The standard InChI is InChI=1S/C13H19F3N2OS/c1-8(2)11(10-5-4-6-20-10)18-9(3)12(19)17-7-13(14,15)16/h4-6,8-9,11,18H,7H2,1-3H3,(H,17,19). The van der Waals surface area contributed by atoms with Crippen LogP contribution in [0.4, 0.5) is 13.2 Å². The van der Waals surface area contributed by atoms with Crippen LogP contribution in [-0.4, -0.2) is 24.7 Å². The molecule has 1 aromatic rings. The minimum atomic E-state index is -4.39. The summed E-state index contributed by atoms with van der Waals surface area (Å²) >= 11 is 1.56. The minimum absolute atomic E-state index is 0.0540. The van der Waals surface area contributed by atoms with Crippen LogP contribution in [-0.2, 0) is 4.79 Å². The topological polar surface area (TPSA) is 41.1 Å². The van der Waals surface area contributed by atoms with E-state index in [0.29, 0.717) is 0 Å². The SMILES string of the molecule is CC(NC(c1cccs1)C(C)C)C(=O)NCC(F)(F)F. The van der Waals surface area contributed by atoms with E-state index in [4.69, 9.17) is 0 Å². The summed E-state index contributed by atoms with van der Waals surface area (Å²) in [5.41, 5.74) is 0. The molecule has 3 nitrogen and oxygen atoms in total. The van der Waals surface area contributed by atoms with Crippen molar-refractivity contribution >= 4 is 17.2 Å². The summed E-state index contributed by atoms with van der Waals surface area (Å²) in [6.45, 7) is 4.26. The number of hydrogen-bond acceptors (Lipinski definition) is 3. The second-order valence-corrected chi connectivity index (χ2v) is 5.94. The Morgan fingerprint density at radius 2 is 2.00 bits per heavy atom. The van der Waals surface area contributed by atoms with Crippen molar-refractivity contribution in [1.29, 1.82) is 0 Å². The fraction of sp³-hybridized carbons (Fsp3) is 0.615. The predicted molar refractivity (Wildman–Crippen MR) is 73.6 cm³/mol. The second kappa shape index (κ2) is 7.08. The average Bonchev–Trinajstić information content (AvgIpc) is 2.84. The molecular weight excluding hydrogens is 289 g/mol. The first-order chi connectivity index (χ1) is 9.20. The summed E-state index contributed by atoms with van der Waals surface area (Å²) in [7, 11) is 0. The lowest BCUT2D eigenvalue weighted by molar-refractivity contribution is -0.139. The van der Waals surface area contributed by atoms with Gasteiger partial charge in [0, 0.05) is 10.9 Å². The highest BCUT2D eigenvalue weighted by Gasteiger charge is 2.29. The molecule has 1 rings (SSSR count). The van der Waals surface area contributed by atoms with Crippen LogP contribution in [0, 0.1) is 5.92 Å². The number of carbonyl (C=O) groups is 1. The molecule has 0 spiro atoms. The predicted octanol–water partition coefficient (Wildman–Crippen LogP) is 3.10. The smallest absolute Gasteiger partial charge is 0.346 e. The minimum Gasteiger partial charge on any atom is -0.346 e. The summed E-state index contributed by atoms with van der Waals surface area (Å²) in [6, 6.07) is 3.11. The van der Waals surface area contributed by atoms with Gasteiger partial charge in [0.25, 0.3) is 0 Å². The average molecular weight is 308 g/mol. The number of halogens is 3.